The highest BCUT2D eigenvalue weighted by Gasteiger charge is 2.24. The highest BCUT2D eigenvalue weighted by Crippen LogP contribution is 2.26. The Kier molecular flexibility index (Phi) is 5.04. The van der Waals surface area contributed by atoms with E-state index in [9.17, 15) is 0 Å². The number of fused-ring (bicyclic) bond motifs is 1. The first-order chi connectivity index (χ1) is 12.2. The third kappa shape index (κ3) is 3.87. The van der Waals surface area contributed by atoms with Gasteiger partial charge in [-0.3, -0.25) is 4.90 Å². The fraction of sp³-hybridized carbons (Fsp3) is 0.700. The first kappa shape index (κ1) is 17.0. The standard InChI is InChI=1S/C20H30N4O/c1-15(2)24-20-17(13-22-24)11-16(12-21-20)14-23-9-7-19(8-10-23)25-18-5-3-4-6-18/h11-13,15,18-19H,3-10,14H2,1-2H3. The van der Waals surface area contributed by atoms with Crippen molar-refractivity contribution in [1.82, 2.24) is 19.7 Å². The Balaban J connectivity index is 1.33. The maximum atomic E-state index is 6.28. The van der Waals surface area contributed by atoms with E-state index in [-0.39, 0.29) is 0 Å². The van der Waals surface area contributed by atoms with Crippen LogP contribution in [-0.4, -0.2) is 45.0 Å². The minimum Gasteiger partial charge on any atom is -0.375 e. The van der Waals surface area contributed by atoms with Crippen LogP contribution in [0.2, 0.25) is 0 Å². The molecule has 5 heteroatoms. The molecule has 1 saturated carbocycles. The number of hydrogen-bond acceptors (Lipinski definition) is 4. The van der Waals surface area contributed by atoms with Gasteiger partial charge in [0.2, 0.25) is 0 Å². The van der Waals surface area contributed by atoms with E-state index in [0.717, 1.165) is 43.5 Å². The van der Waals surface area contributed by atoms with E-state index in [1.807, 2.05) is 17.1 Å². The van der Waals surface area contributed by atoms with Gasteiger partial charge in [0.05, 0.1) is 18.4 Å². The molecular formula is C20H30N4O. The van der Waals surface area contributed by atoms with Gasteiger partial charge in [-0.05, 0) is 51.2 Å². The smallest absolute Gasteiger partial charge is 0.157 e. The Labute approximate surface area is 150 Å². The van der Waals surface area contributed by atoms with Gasteiger partial charge in [-0.1, -0.05) is 12.8 Å². The average molecular weight is 342 g/mol. The molecule has 0 radical (unpaired) electrons. The van der Waals surface area contributed by atoms with E-state index in [2.05, 4.69) is 34.9 Å². The van der Waals surface area contributed by atoms with Crippen molar-refractivity contribution < 1.29 is 4.74 Å². The van der Waals surface area contributed by atoms with Crippen LogP contribution >= 0.6 is 0 Å². The van der Waals surface area contributed by atoms with Crippen molar-refractivity contribution in [2.75, 3.05) is 13.1 Å². The van der Waals surface area contributed by atoms with Gasteiger partial charge >= 0.3 is 0 Å². The predicted molar refractivity (Wildman–Crippen MR) is 99.6 cm³/mol. The van der Waals surface area contributed by atoms with Gasteiger partial charge in [0.15, 0.2) is 5.65 Å². The minimum absolute atomic E-state index is 0.342. The number of aromatic nitrogens is 3. The average Bonchev–Trinajstić information content (AvgIpc) is 3.25. The molecule has 5 nitrogen and oxygen atoms in total. The molecule has 1 aliphatic carbocycles. The fourth-order valence-corrected chi connectivity index (χ4v) is 4.21. The third-order valence-corrected chi connectivity index (χ3v) is 5.61. The summed E-state index contributed by atoms with van der Waals surface area (Å²) in [6.07, 6.45) is 12.6. The summed E-state index contributed by atoms with van der Waals surface area (Å²) in [5, 5.41) is 5.61. The van der Waals surface area contributed by atoms with Crippen LogP contribution in [0, 0.1) is 0 Å². The van der Waals surface area contributed by atoms with Gasteiger partial charge in [-0.25, -0.2) is 9.67 Å². The number of pyridine rings is 1. The van der Waals surface area contributed by atoms with Gasteiger partial charge in [0, 0.05) is 37.3 Å². The molecule has 136 valence electrons. The van der Waals surface area contributed by atoms with Crippen molar-refractivity contribution >= 4 is 11.0 Å². The van der Waals surface area contributed by atoms with E-state index in [1.165, 1.54) is 31.2 Å². The Morgan fingerprint density at radius 2 is 1.80 bits per heavy atom. The van der Waals surface area contributed by atoms with Crippen LogP contribution in [0.3, 0.4) is 0 Å². The lowest BCUT2D eigenvalue weighted by atomic mass is 10.1. The molecule has 0 amide bonds. The van der Waals surface area contributed by atoms with E-state index < -0.39 is 0 Å². The van der Waals surface area contributed by atoms with E-state index in [1.54, 1.807) is 0 Å². The zero-order chi connectivity index (χ0) is 17.2. The van der Waals surface area contributed by atoms with Crippen LogP contribution in [0.4, 0.5) is 0 Å². The van der Waals surface area contributed by atoms with Gasteiger partial charge < -0.3 is 4.74 Å². The molecule has 25 heavy (non-hydrogen) atoms. The third-order valence-electron chi connectivity index (χ3n) is 5.61. The summed E-state index contributed by atoms with van der Waals surface area (Å²) < 4.78 is 8.27. The molecule has 1 saturated heterocycles. The second kappa shape index (κ2) is 7.42. The fourth-order valence-electron chi connectivity index (χ4n) is 4.21. The van der Waals surface area contributed by atoms with Gasteiger partial charge in [0.25, 0.3) is 0 Å². The van der Waals surface area contributed by atoms with Crippen LogP contribution < -0.4 is 0 Å². The summed E-state index contributed by atoms with van der Waals surface area (Å²) in [4.78, 5) is 7.19. The molecule has 0 atom stereocenters. The molecule has 1 aliphatic heterocycles. The lowest BCUT2D eigenvalue weighted by Gasteiger charge is -2.33. The summed E-state index contributed by atoms with van der Waals surface area (Å²) >= 11 is 0. The van der Waals surface area contributed by atoms with Crippen LogP contribution in [0.15, 0.2) is 18.5 Å². The number of likely N-dealkylation sites (tertiary alicyclic amines) is 1. The zero-order valence-corrected chi connectivity index (χ0v) is 15.5. The summed E-state index contributed by atoms with van der Waals surface area (Å²) in [5.41, 5.74) is 2.27. The van der Waals surface area contributed by atoms with Crippen molar-refractivity contribution in [3.8, 4) is 0 Å². The normalized spacial score (nSPS) is 20.9. The molecule has 0 aromatic carbocycles. The van der Waals surface area contributed by atoms with Crippen LogP contribution in [0.1, 0.15) is 64.0 Å². The molecule has 0 spiro atoms. The van der Waals surface area contributed by atoms with Crippen LogP contribution in [-0.2, 0) is 11.3 Å². The van der Waals surface area contributed by atoms with Crippen LogP contribution in [0.5, 0.6) is 0 Å². The predicted octanol–water partition coefficient (Wildman–Crippen LogP) is 3.94. The Morgan fingerprint density at radius 1 is 1.08 bits per heavy atom. The molecular weight excluding hydrogens is 312 g/mol. The second-order valence-electron chi connectivity index (χ2n) is 7.96. The van der Waals surface area contributed by atoms with Gasteiger partial charge in [-0.2, -0.15) is 5.10 Å². The summed E-state index contributed by atoms with van der Waals surface area (Å²) in [6.45, 7) is 7.51. The number of nitrogens with zero attached hydrogens (tertiary/aromatic N) is 4. The van der Waals surface area contributed by atoms with Gasteiger partial charge in [-0.15, -0.1) is 0 Å². The highest BCUT2D eigenvalue weighted by atomic mass is 16.5. The molecule has 0 unspecified atom stereocenters. The van der Waals surface area contributed by atoms with Crippen molar-refractivity contribution in [3.63, 3.8) is 0 Å². The molecule has 2 aromatic rings. The molecule has 2 aliphatic rings. The summed E-state index contributed by atoms with van der Waals surface area (Å²) in [5.74, 6) is 0. The summed E-state index contributed by atoms with van der Waals surface area (Å²) in [7, 11) is 0. The summed E-state index contributed by atoms with van der Waals surface area (Å²) in [6, 6.07) is 2.59. The van der Waals surface area contributed by atoms with Crippen molar-refractivity contribution in [2.24, 2.45) is 0 Å². The van der Waals surface area contributed by atoms with E-state index in [0.29, 0.717) is 18.2 Å². The molecule has 4 rings (SSSR count). The zero-order valence-electron chi connectivity index (χ0n) is 15.5. The van der Waals surface area contributed by atoms with E-state index >= 15 is 0 Å². The number of rotatable bonds is 5. The maximum Gasteiger partial charge on any atom is 0.157 e. The Hall–Kier alpha value is -1.46. The van der Waals surface area contributed by atoms with Crippen molar-refractivity contribution in [2.45, 2.75) is 77.2 Å². The van der Waals surface area contributed by atoms with Gasteiger partial charge in [0.1, 0.15) is 0 Å². The first-order valence-corrected chi connectivity index (χ1v) is 9.89. The molecule has 3 heterocycles. The Bertz CT molecular complexity index is 697. The number of ether oxygens (including phenoxy) is 1. The van der Waals surface area contributed by atoms with E-state index in [4.69, 9.17) is 4.74 Å². The number of hydrogen-bond donors (Lipinski definition) is 0. The highest BCUT2D eigenvalue weighted by molar-refractivity contribution is 5.75. The lowest BCUT2D eigenvalue weighted by molar-refractivity contribution is -0.0399. The maximum absolute atomic E-state index is 6.28. The molecule has 0 bridgehead atoms. The van der Waals surface area contributed by atoms with Crippen LogP contribution in [0.25, 0.3) is 11.0 Å². The SMILES string of the molecule is CC(C)n1ncc2cc(CN3CCC(OC4CCCC4)CC3)cnc21. The van der Waals surface area contributed by atoms with Crippen molar-refractivity contribution in [3.05, 3.63) is 24.0 Å². The second-order valence-corrected chi connectivity index (χ2v) is 7.96. The number of piperidine rings is 1. The quantitative estimate of drug-likeness (QED) is 0.825. The molecule has 2 aromatic heterocycles. The van der Waals surface area contributed by atoms with Crippen molar-refractivity contribution in [1.29, 1.82) is 0 Å². The monoisotopic (exact) mass is 342 g/mol. The first-order valence-electron chi connectivity index (χ1n) is 9.89. The molecule has 0 N–H and O–H groups in total. The Morgan fingerprint density at radius 3 is 2.52 bits per heavy atom. The lowest BCUT2D eigenvalue weighted by Crippen LogP contribution is -2.37. The molecule has 2 fully saturated rings. The largest absolute Gasteiger partial charge is 0.375 e. The minimum atomic E-state index is 0.342. The topological polar surface area (TPSA) is 43.2 Å².